The third-order valence-corrected chi connectivity index (χ3v) is 18.2. The lowest BCUT2D eigenvalue weighted by Gasteiger charge is -2.34. The molecule has 33 heteroatoms. The molecule has 0 radical (unpaired) electrons. The Kier molecular flexibility index (Phi) is 33.1. The molecule has 1 fully saturated rings. The van der Waals surface area contributed by atoms with Crippen molar-refractivity contribution in [2.45, 2.75) is 196 Å². The lowest BCUT2D eigenvalue weighted by molar-refractivity contribution is -0.139. The van der Waals surface area contributed by atoms with E-state index in [1.165, 1.54) is 44.6 Å². The van der Waals surface area contributed by atoms with Crippen molar-refractivity contribution in [2.24, 2.45) is 11.5 Å². The second-order valence-electron chi connectivity index (χ2n) is 27.3. The number of nitrogens with zero attached hydrogens (tertiary/aromatic N) is 1. The molecule has 0 aliphatic carbocycles. The van der Waals surface area contributed by atoms with Crippen LogP contribution in [0.25, 0.3) is 11.1 Å². The average Bonchev–Trinajstić information content (AvgIpc) is 0.844. The van der Waals surface area contributed by atoms with Crippen LogP contribution in [0.2, 0.25) is 0 Å². The smallest absolute Gasteiger partial charge is 0.303 e. The number of carboxylic acids is 1. The number of aromatic amines is 1. The number of aliphatic hydroxyl groups is 2. The average molecular weight is 1500 g/mol. The molecule has 1 aliphatic rings. The van der Waals surface area contributed by atoms with Crippen LogP contribution < -0.4 is 74.7 Å². The first-order valence-corrected chi connectivity index (χ1v) is 35.7. The number of H-pyrrole nitrogens is 1. The molecule has 584 valence electrons. The molecule has 2 heterocycles. The summed E-state index contributed by atoms with van der Waals surface area (Å²) in [5.74, 6) is -13.3. The number of hydrogen-bond donors (Lipinski definition) is 17. The van der Waals surface area contributed by atoms with Crippen LogP contribution in [0, 0.1) is 5.82 Å². The van der Waals surface area contributed by atoms with E-state index in [-0.39, 0.29) is 69.9 Å². The van der Waals surface area contributed by atoms with Gasteiger partial charge in [-0.25, -0.2) is 9.37 Å². The van der Waals surface area contributed by atoms with Crippen LogP contribution in [-0.4, -0.2) is 194 Å². The number of aryl methyl sites for hydroxylation is 2. The Balaban J connectivity index is 1.26. The number of halogens is 1. The fourth-order valence-electron chi connectivity index (χ4n) is 11.9. The quantitative estimate of drug-likeness (QED) is 0.0269. The van der Waals surface area contributed by atoms with E-state index in [0.29, 0.717) is 36.3 Å². The maximum atomic E-state index is 15.6. The topological polar surface area (TPSA) is 505 Å². The summed E-state index contributed by atoms with van der Waals surface area (Å²) in [5, 5.41) is 59.0. The summed E-state index contributed by atoms with van der Waals surface area (Å²) < 4.78 is 21.1. The van der Waals surface area contributed by atoms with Crippen molar-refractivity contribution in [3.8, 4) is 16.9 Å². The van der Waals surface area contributed by atoms with Crippen molar-refractivity contribution in [2.75, 3.05) is 26.8 Å². The summed E-state index contributed by atoms with van der Waals surface area (Å²) in [6.07, 6.45) is 0.0695. The summed E-state index contributed by atoms with van der Waals surface area (Å²) in [7, 11) is 1.57. The fourth-order valence-corrected chi connectivity index (χ4v) is 11.9. The molecule has 108 heavy (non-hydrogen) atoms. The highest BCUT2D eigenvalue weighted by molar-refractivity contribution is 6.00. The predicted octanol–water partition coefficient (Wildman–Crippen LogP) is -0.362. The van der Waals surface area contributed by atoms with Gasteiger partial charge in [0.2, 0.25) is 70.9 Å². The van der Waals surface area contributed by atoms with Gasteiger partial charge in [-0.15, -0.1) is 0 Å². The third kappa shape index (κ3) is 26.7. The highest BCUT2D eigenvalue weighted by Crippen LogP contribution is 2.29. The van der Waals surface area contributed by atoms with E-state index in [1.807, 2.05) is 67.6 Å². The Morgan fingerprint density at radius 2 is 1.49 bits per heavy atom. The minimum atomic E-state index is -2.30. The van der Waals surface area contributed by atoms with E-state index in [4.69, 9.17) is 16.2 Å². The van der Waals surface area contributed by atoms with E-state index in [1.54, 1.807) is 19.2 Å². The first-order valence-electron chi connectivity index (χ1n) is 35.7. The number of primary amides is 1. The Labute approximate surface area is 624 Å². The molecule has 1 aliphatic heterocycles. The number of nitrogens with one attached hydrogen (secondary N) is 12. The molecule has 0 saturated carbocycles. The number of aliphatic carboxylic acids is 1. The maximum Gasteiger partial charge on any atom is 0.303 e. The number of rotatable bonds is 31. The molecule has 19 N–H and O–H groups in total. The van der Waals surface area contributed by atoms with Gasteiger partial charge in [0, 0.05) is 50.5 Å². The first-order chi connectivity index (χ1) is 51.3. The van der Waals surface area contributed by atoms with Gasteiger partial charge in [-0.2, -0.15) is 0 Å². The van der Waals surface area contributed by atoms with Crippen molar-refractivity contribution in [1.29, 1.82) is 0 Å². The number of aromatic nitrogens is 2. The number of carbonyl (C=O) groups is 13. The van der Waals surface area contributed by atoms with Gasteiger partial charge >= 0.3 is 5.97 Å². The lowest BCUT2D eigenvalue weighted by Crippen LogP contribution is -2.66. The Hall–Kier alpha value is -11.2. The molecule has 5 aromatic rings. The van der Waals surface area contributed by atoms with E-state index in [2.05, 4.69) is 68.5 Å². The number of amides is 12. The zero-order valence-electron chi connectivity index (χ0n) is 61.4. The predicted molar refractivity (Wildman–Crippen MR) is 392 cm³/mol. The number of carbonyl (C=O) groups excluding carboxylic acids is 12. The van der Waals surface area contributed by atoms with E-state index < -0.39 is 181 Å². The normalized spacial score (nSPS) is 19.3. The van der Waals surface area contributed by atoms with E-state index in [0.717, 1.165) is 42.2 Å². The summed E-state index contributed by atoms with van der Waals surface area (Å²) in [5.41, 5.74) is 12.6. The fraction of sp³-hybridized carbons (Fsp3) is 0.467. The second kappa shape index (κ2) is 41.6. The standard InChI is InChI=1S/C75H100FN15O17/c1-7-46-36-50(108-6)30-31-51(46)47-28-26-45(27-29-47)35-58(68(102)84-54(64(78)98)23-15-19-44-17-9-8-10-18-44)86-67(101)55-24-16-25-60(94)80-34-14-13-22-56(70(104)91-75(5,38-48-20-11-12-21-52(48)76)73(107)89-63(43(2)93)71(105)87-59(41-92)69(103)85-55)83-61(95)40-81-66(100)57(32-33-62(96)97)88-72(106)74(3,4)90-65(99)53(77)37-49-39-79-42-82-49/h8-12,17-18,20-21,26-31,36,39,42-43,53-59,63,92-93H,7,13-16,19,22-25,32-35,37-38,40-41,77H2,1-6H3,(H2,78,98)(H,79,82)(H,80,94)(H,81,100)(H,83,95)(H,84,102)(H,85,103)(H,86,101)(H,87,105)(H,88,106)(H,89,107)(H,90,99)(H,91,104)(H,96,97)/t43-,53+,54+,55+,56+,57+,58+,59+,63+,75+/m1/s1. The highest BCUT2D eigenvalue weighted by atomic mass is 19.1. The highest BCUT2D eigenvalue weighted by Gasteiger charge is 2.42. The van der Waals surface area contributed by atoms with Gasteiger partial charge in [-0.3, -0.25) is 62.3 Å². The van der Waals surface area contributed by atoms with Crippen molar-refractivity contribution in [3.63, 3.8) is 0 Å². The molecule has 0 bridgehead atoms. The van der Waals surface area contributed by atoms with Gasteiger partial charge in [-0.05, 0) is 143 Å². The van der Waals surface area contributed by atoms with Crippen LogP contribution >= 0.6 is 0 Å². The van der Waals surface area contributed by atoms with E-state index in [9.17, 15) is 77.6 Å². The minimum absolute atomic E-state index is 0.0210. The van der Waals surface area contributed by atoms with Crippen LogP contribution in [0.15, 0.2) is 110 Å². The zero-order valence-corrected chi connectivity index (χ0v) is 61.4. The number of carboxylic acid groups (broad SMARTS) is 1. The zero-order chi connectivity index (χ0) is 79.3. The number of imidazole rings is 1. The summed E-state index contributed by atoms with van der Waals surface area (Å²) in [6.45, 7) is 4.75. The first kappa shape index (κ1) is 85.7. The van der Waals surface area contributed by atoms with Gasteiger partial charge in [-0.1, -0.05) is 85.8 Å². The van der Waals surface area contributed by atoms with Crippen LogP contribution in [0.3, 0.4) is 0 Å². The summed E-state index contributed by atoms with van der Waals surface area (Å²) in [6, 6.07) is 14.8. The number of benzene rings is 4. The van der Waals surface area contributed by atoms with E-state index >= 15 is 4.39 Å². The van der Waals surface area contributed by atoms with Crippen molar-refractivity contribution in [3.05, 3.63) is 143 Å². The molecule has 4 aromatic carbocycles. The SMILES string of the molecule is CCc1cc(OC)ccc1-c1ccc(C[C@H](NC(=O)[C@@H]2CCCC(=O)NCCCC[C@H](NC(=O)CNC(=O)[C@H](CCC(=O)O)NC(=O)C(C)(C)NC(=O)[C@@H](N)Cc3cnc[nH]3)C(=O)N[C@@](C)(Cc3ccccc3F)C(=O)N[C@@H]([C@@H](C)O)C(=O)N[C@@H](CO)C(=O)N2)C(=O)N[C@@H](CCCc2ccccc2)C(N)=O)cc1. The van der Waals surface area contributed by atoms with Crippen molar-refractivity contribution < 1.29 is 86.8 Å². The molecule has 6 rings (SSSR count). The van der Waals surface area contributed by atoms with Gasteiger partial charge in [0.05, 0.1) is 38.7 Å². The summed E-state index contributed by atoms with van der Waals surface area (Å²) in [4.78, 5) is 187. The molecule has 1 aromatic heterocycles. The van der Waals surface area contributed by atoms with Gasteiger partial charge < -0.3 is 95.0 Å². The van der Waals surface area contributed by atoms with Crippen LogP contribution in [0.4, 0.5) is 4.39 Å². The number of aliphatic hydroxyl groups excluding tert-OH is 2. The number of nitrogens with two attached hydrogens (primary N) is 2. The second-order valence-corrected chi connectivity index (χ2v) is 27.3. The Morgan fingerprint density at radius 3 is 2.14 bits per heavy atom. The largest absolute Gasteiger partial charge is 0.497 e. The summed E-state index contributed by atoms with van der Waals surface area (Å²) >= 11 is 0. The lowest BCUT2D eigenvalue weighted by atomic mass is 9.90. The molecular weight excluding hydrogens is 1400 g/mol. The van der Waals surface area contributed by atoms with Crippen LogP contribution in [0.5, 0.6) is 5.75 Å². The maximum absolute atomic E-state index is 15.6. The number of methoxy groups -OCH3 is 1. The third-order valence-electron chi connectivity index (χ3n) is 18.2. The number of hydrogen-bond acceptors (Lipinski definition) is 18. The van der Waals surface area contributed by atoms with Gasteiger partial charge in [0.15, 0.2) is 0 Å². The molecule has 32 nitrogen and oxygen atoms in total. The van der Waals surface area contributed by atoms with Gasteiger partial charge in [0.1, 0.15) is 64.9 Å². The number of ether oxygens (including phenoxy) is 1. The minimum Gasteiger partial charge on any atom is -0.497 e. The Morgan fingerprint density at radius 1 is 0.778 bits per heavy atom. The van der Waals surface area contributed by atoms with Crippen LogP contribution in [-0.2, 0) is 94.4 Å². The van der Waals surface area contributed by atoms with Gasteiger partial charge in [0.25, 0.3) is 0 Å². The molecule has 0 unspecified atom stereocenters. The Bertz CT molecular complexity index is 3940. The van der Waals surface area contributed by atoms with Crippen molar-refractivity contribution in [1.82, 2.24) is 68.5 Å². The van der Waals surface area contributed by atoms with Crippen LogP contribution in [0.1, 0.15) is 127 Å². The molecule has 1 saturated heterocycles. The molecular formula is C75H100FN15O17. The molecule has 10 atom stereocenters. The molecule has 12 amide bonds. The van der Waals surface area contributed by atoms with Crippen molar-refractivity contribution >= 4 is 76.9 Å². The molecule has 0 spiro atoms. The monoisotopic (exact) mass is 1500 g/mol.